The van der Waals surface area contributed by atoms with Crippen LogP contribution in [0.25, 0.3) is 5.57 Å². The summed E-state index contributed by atoms with van der Waals surface area (Å²) in [5.41, 5.74) is 5.50. The van der Waals surface area contributed by atoms with Crippen LogP contribution < -0.4 is 4.74 Å². The highest BCUT2D eigenvalue weighted by Crippen LogP contribution is 2.39. The summed E-state index contributed by atoms with van der Waals surface area (Å²) in [6.45, 7) is 3.99. The zero-order valence-electron chi connectivity index (χ0n) is 18.8. The Morgan fingerprint density at radius 2 is 1.70 bits per heavy atom. The number of phenolic OH excluding ortho intramolecular Hbond substituents is 1. The van der Waals surface area contributed by atoms with Gasteiger partial charge in [0.15, 0.2) is 5.78 Å². The Morgan fingerprint density at radius 1 is 0.909 bits per heavy atom. The Bertz CT molecular complexity index is 1170. The molecule has 3 aromatic carbocycles. The van der Waals surface area contributed by atoms with Gasteiger partial charge in [0.2, 0.25) is 0 Å². The SMILES string of the molecule is O=C(C1=C(c2ccc(OCCN3CCCCC3)cc2)c2ccccc2C1)c1cccc(O)c1. The molecule has 0 bridgehead atoms. The van der Waals surface area contributed by atoms with Crippen LogP contribution in [0.4, 0.5) is 0 Å². The first kappa shape index (κ1) is 21.5. The highest BCUT2D eigenvalue weighted by Gasteiger charge is 2.27. The molecule has 1 saturated heterocycles. The summed E-state index contributed by atoms with van der Waals surface area (Å²) in [5.74, 6) is 0.909. The number of carbonyl (C=O) groups is 1. The van der Waals surface area contributed by atoms with Crippen molar-refractivity contribution in [3.05, 3.63) is 101 Å². The molecule has 2 aliphatic rings. The van der Waals surface area contributed by atoms with Crippen LogP contribution in [-0.4, -0.2) is 42.0 Å². The summed E-state index contributed by atoms with van der Waals surface area (Å²) in [4.78, 5) is 15.9. The number of phenols is 1. The van der Waals surface area contributed by atoms with Gasteiger partial charge in [-0.3, -0.25) is 9.69 Å². The summed E-state index contributed by atoms with van der Waals surface area (Å²) >= 11 is 0. The van der Waals surface area contributed by atoms with Gasteiger partial charge >= 0.3 is 0 Å². The van der Waals surface area contributed by atoms with Crippen LogP contribution in [0.2, 0.25) is 0 Å². The maximum atomic E-state index is 13.4. The Labute approximate surface area is 195 Å². The summed E-state index contributed by atoms with van der Waals surface area (Å²) in [6, 6.07) is 22.9. The molecule has 0 saturated carbocycles. The third kappa shape index (κ3) is 4.71. The topological polar surface area (TPSA) is 49.8 Å². The van der Waals surface area contributed by atoms with Crippen LogP contribution in [0.1, 0.15) is 46.3 Å². The van der Waals surface area contributed by atoms with Gasteiger partial charge in [0, 0.05) is 24.1 Å². The van der Waals surface area contributed by atoms with Crippen LogP contribution in [0.15, 0.2) is 78.4 Å². The number of carbonyl (C=O) groups excluding carboxylic acids is 1. The Hall–Kier alpha value is -3.37. The van der Waals surface area contributed by atoms with Gasteiger partial charge in [-0.1, -0.05) is 55.0 Å². The Morgan fingerprint density at radius 3 is 2.48 bits per heavy atom. The number of aromatic hydroxyl groups is 1. The number of allylic oxidation sites excluding steroid dienone is 1. The predicted molar refractivity (Wildman–Crippen MR) is 131 cm³/mol. The molecule has 0 aromatic heterocycles. The molecule has 0 spiro atoms. The van der Waals surface area contributed by atoms with Crippen LogP contribution in [0, 0.1) is 0 Å². The third-order valence-corrected chi connectivity index (χ3v) is 6.61. The molecule has 1 aliphatic carbocycles. The maximum Gasteiger partial charge on any atom is 0.190 e. The first-order valence-corrected chi connectivity index (χ1v) is 11.8. The molecule has 3 aromatic rings. The first-order valence-electron chi connectivity index (χ1n) is 11.8. The van der Waals surface area contributed by atoms with E-state index in [1.54, 1.807) is 18.2 Å². The molecule has 5 rings (SSSR count). The minimum Gasteiger partial charge on any atom is -0.508 e. The van der Waals surface area contributed by atoms with E-state index < -0.39 is 0 Å². The van der Waals surface area contributed by atoms with Gasteiger partial charge in [-0.25, -0.2) is 0 Å². The molecule has 1 N–H and O–H groups in total. The summed E-state index contributed by atoms with van der Waals surface area (Å²) < 4.78 is 6.00. The van der Waals surface area contributed by atoms with E-state index in [1.807, 2.05) is 36.4 Å². The van der Waals surface area contributed by atoms with Crippen molar-refractivity contribution in [1.29, 1.82) is 0 Å². The minimum absolute atomic E-state index is 0.0426. The van der Waals surface area contributed by atoms with Gasteiger partial charge in [0.1, 0.15) is 18.1 Å². The third-order valence-electron chi connectivity index (χ3n) is 6.61. The highest BCUT2D eigenvalue weighted by atomic mass is 16.5. The van der Waals surface area contributed by atoms with Gasteiger partial charge in [-0.15, -0.1) is 0 Å². The molecular formula is C29H29NO3. The lowest BCUT2D eigenvalue weighted by atomic mass is 9.94. The second-order valence-electron chi connectivity index (χ2n) is 8.84. The Kier molecular flexibility index (Phi) is 6.27. The number of ether oxygens (including phenoxy) is 1. The van der Waals surface area contributed by atoms with Crippen molar-refractivity contribution < 1.29 is 14.6 Å². The van der Waals surface area contributed by atoms with E-state index in [0.717, 1.165) is 40.1 Å². The lowest BCUT2D eigenvalue weighted by Crippen LogP contribution is -2.33. The van der Waals surface area contributed by atoms with E-state index in [2.05, 4.69) is 17.0 Å². The van der Waals surface area contributed by atoms with Crippen molar-refractivity contribution in [3.8, 4) is 11.5 Å². The van der Waals surface area contributed by atoms with Gasteiger partial charge in [-0.2, -0.15) is 0 Å². The fourth-order valence-corrected chi connectivity index (χ4v) is 4.90. The molecule has 0 amide bonds. The van der Waals surface area contributed by atoms with Crippen molar-refractivity contribution in [3.63, 3.8) is 0 Å². The molecule has 168 valence electrons. The average molecular weight is 440 g/mol. The van der Waals surface area contributed by atoms with Crippen molar-refractivity contribution in [1.82, 2.24) is 4.90 Å². The zero-order chi connectivity index (χ0) is 22.6. The lowest BCUT2D eigenvalue weighted by molar-refractivity contribution is 0.103. The number of hydrogen-bond acceptors (Lipinski definition) is 4. The van der Waals surface area contributed by atoms with Gasteiger partial charge in [0.25, 0.3) is 0 Å². The largest absolute Gasteiger partial charge is 0.508 e. The van der Waals surface area contributed by atoms with Crippen molar-refractivity contribution in [2.75, 3.05) is 26.2 Å². The molecule has 4 nitrogen and oxygen atoms in total. The maximum absolute atomic E-state index is 13.4. The summed E-state index contributed by atoms with van der Waals surface area (Å²) in [6.07, 6.45) is 4.51. The van der Waals surface area contributed by atoms with E-state index in [4.69, 9.17) is 4.74 Å². The predicted octanol–water partition coefficient (Wildman–Crippen LogP) is 5.50. The molecule has 4 heteroatoms. The number of piperidine rings is 1. The summed E-state index contributed by atoms with van der Waals surface area (Å²) in [7, 11) is 0. The number of Topliss-reactive ketones (excluding diaryl/α,β-unsaturated/α-hetero) is 1. The normalized spacial score (nSPS) is 16.0. The monoisotopic (exact) mass is 439 g/mol. The van der Waals surface area contributed by atoms with Crippen molar-refractivity contribution in [2.24, 2.45) is 0 Å². The highest BCUT2D eigenvalue weighted by molar-refractivity contribution is 6.16. The minimum atomic E-state index is -0.0426. The van der Waals surface area contributed by atoms with Gasteiger partial charge in [0.05, 0.1) is 0 Å². The number of fused-ring (bicyclic) bond motifs is 1. The molecule has 1 aliphatic heterocycles. The zero-order valence-corrected chi connectivity index (χ0v) is 18.8. The average Bonchev–Trinajstić information content (AvgIpc) is 3.24. The number of ketones is 1. The van der Waals surface area contributed by atoms with E-state index in [9.17, 15) is 9.90 Å². The van der Waals surface area contributed by atoms with Crippen LogP contribution in [0.3, 0.4) is 0 Å². The first-order chi connectivity index (χ1) is 16.2. The van der Waals surface area contributed by atoms with E-state index in [-0.39, 0.29) is 11.5 Å². The van der Waals surface area contributed by atoms with Crippen LogP contribution in [-0.2, 0) is 6.42 Å². The van der Waals surface area contributed by atoms with Crippen molar-refractivity contribution in [2.45, 2.75) is 25.7 Å². The van der Waals surface area contributed by atoms with Gasteiger partial charge < -0.3 is 9.84 Å². The second-order valence-corrected chi connectivity index (χ2v) is 8.84. The molecule has 0 unspecified atom stereocenters. The fraction of sp³-hybridized carbons (Fsp3) is 0.276. The van der Waals surface area contributed by atoms with Crippen LogP contribution in [0.5, 0.6) is 11.5 Å². The molecule has 1 fully saturated rings. The Balaban J connectivity index is 1.38. The standard InChI is InChI=1S/C29H29NO3/c31-24-9-6-8-23(19-24)29(32)27-20-22-7-2-3-10-26(22)28(27)21-11-13-25(14-12-21)33-18-17-30-15-4-1-5-16-30/h2-3,6-14,19,31H,1,4-5,15-18,20H2. The second kappa shape index (κ2) is 9.63. The van der Waals surface area contributed by atoms with Crippen LogP contribution >= 0.6 is 0 Å². The fourth-order valence-electron chi connectivity index (χ4n) is 4.90. The number of benzene rings is 3. The number of nitrogens with zero attached hydrogens (tertiary/aromatic N) is 1. The molecule has 33 heavy (non-hydrogen) atoms. The van der Waals surface area contributed by atoms with E-state index in [0.29, 0.717) is 18.6 Å². The number of rotatable bonds is 7. The molecular weight excluding hydrogens is 410 g/mol. The lowest BCUT2D eigenvalue weighted by Gasteiger charge is -2.26. The van der Waals surface area contributed by atoms with Gasteiger partial charge in [-0.05, 0) is 72.5 Å². The summed E-state index contributed by atoms with van der Waals surface area (Å²) in [5, 5.41) is 9.86. The van der Waals surface area contributed by atoms with E-state index >= 15 is 0 Å². The molecule has 1 heterocycles. The van der Waals surface area contributed by atoms with Crippen molar-refractivity contribution >= 4 is 11.4 Å². The quantitative estimate of drug-likeness (QED) is 0.494. The number of hydrogen-bond donors (Lipinski definition) is 1. The molecule has 0 radical (unpaired) electrons. The number of likely N-dealkylation sites (tertiary alicyclic amines) is 1. The smallest absolute Gasteiger partial charge is 0.190 e. The van der Waals surface area contributed by atoms with E-state index in [1.165, 1.54) is 38.4 Å². The molecule has 0 atom stereocenters.